The van der Waals surface area contributed by atoms with E-state index in [0.717, 1.165) is 24.0 Å². The monoisotopic (exact) mass is 356 g/mol. The second-order valence-electron chi connectivity index (χ2n) is 4.53. The largest absolute Gasteiger partial charge is 0.382 e. The molecule has 1 rings (SSSR count). The molecule has 3 N–H and O–H groups in total. The van der Waals surface area contributed by atoms with Crippen LogP contribution in [0.2, 0.25) is 0 Å². The Labute approximate surface area is 129 Å². The van der Waals surface area contributed by atoms with Crippen molar-refractivity contribution in [2.45, 2.75) is 18.2 Å². The van der Waals surface area contributed by atoms with Gasteiger partial charge in [0.2, 0.25) is 10.0 Å². The smallest absolute Gasteiger partial charge is 0.211 e. The summed E-state index contributed by atoms with van der Waals surface area (Å²) in [4.78, 5) is 0.00274. The average molecular weight is 356 g/mol. The summed E-state index contributed by atoms with van der Waals surface area (Å²) >= 11 is 0.976. The van der Waals surface area contributed by atoms with Crippen molar-refractivity contribution in [2.75, 3.05) is 43.2 Å². The molecule has 0 atom stereocenters. The van der Waals surface area contributed by atoms with E-state index in [1.807, 2.05) is 0 Å². The SMILES string of the molecule is CCN(CCCNc1snc(N)c1S(C)(=O)=O)S(C)(=O)=O. The molecule has 1 aromatic rings. The van der Waals surface area contributed by atoms with E-state index in [4.69, 9.17) is 5.73 Å². The van der Waals surface area contributed by atoms with Crippen LogP contribution in [0.5, 0.6) is 0 Å². The van der Waals surface area contributed by atoms with Gasteiger partial charge in [0.25, 0.3) is 0 Å². The topological polar surface area (TPSA) is 122 Å². The Kier molecular flexibility index (Phi) is 5.96. The Balaban J connectivity index is 2.63. The van der Waals surface area contributed by atoms with E-state index in [0.29, 0.717) is 31.1 Å². The predicted molar refractivity (Wildman–Crippen MR) is 84.8 cm³/mol. The Hall–Kier alpha value is -0.910. The summed E-state index contributed by atoms with van der Waals surface area (Å²) in [5.74, 6) is -0.0173. The maximum atomic E-state index is 11.6. The third kappa shape index (κ3) is 5.09. The van der Waals surface area contributed by atoms with Crippen molar-refractivity contribution in [1.82, 2.24) is 8.68 Å². The first-order valence-electron chi connectivity index (χ1n) is 6.21. The van der Waals surface area contributed by atoms with E-state index < -0.39 is 19.9 Å². The van der Waals surface area contributed by atoms with Crippen LogP contribution >= 0.6 is 11.5 Å². The molecule has 0 aromatic carbocycles. The highest BCUT2D eigenvalue weighted by atomic mass is 32.2. The highest BCUT2D eigenvalue weighted by Crippen LogP contribution is 2.31. The van der Waals surface area contributed by atoms with Crippen LogP contribution in [0.3, 0.4) is 0 Å². The molecule has 0 radical (unpaired) electrons. The number of nitrogens with one attached hydrogen (secondary N) is 1. The van der Waals surface area contributed by atoms with Gasteiger partial charge >= 0.3 is 0 Å². The Morgan fingerprint density at radius 2 is 1.90 bits per heavy atom. The molecule has 0 amide bonds. The van der Waals surface area contributed by atoms with Gasteiger partial charge in [0.05, 0.1) is 6.26 Å². The van der Waals surface area contributed by atoms with Crippen molar-refractivity contribution in [3.05, 3.63) is 0 Å². The number of nitrogen functional groups attached to an aromatic ring is 1. The molecule has 1 heterocycles. The second kappa shape index (κ2) is 6.90. The van der Waals surface area contributed by atoms with Gasteiger partial charge in [-0.15, -0.1) is 0 Å². The molecule has 0 aliphatic heterocycles. The van der Waals surface area contributed by atoms with Crippen LogP contribution in [-0.2, 0) is 19.9 Å². The van der Waals surface area contributed by atoms with Gasteiger partial charge in [-0.25, -0.2) is 21.1 Å². The number of sulfonamides is 1. The summed E-state index contributed by atoms with van der Waals surface area (Å²) in [6, 6.07) is 0. The Morgan fingerprint density at radius 3 is 2.38 bits per heavy atom. The standard InChI is InChI=1S/C10H20N4O4S3/c1-4-14(21(3,17)18)7-5-6-12-10-8(20(2,15)16)9(11)13-19-10/h12H,4-7H2,1-3H3,(H2,11,13). The molecule has 11 heteroatoms. The molecule has 0 spiro atoms. The maximum absolute atomic E-state index is 11.6. The molecule has 0 aliphatic rings. The van der Waals surface area contributed by atoms with Crippen molar-refractivity contribution >= 4 is 42.2 Å². The zero-order valence-electron chi connectivity index (χ0n) is 12.2. The van der Waals surface area contributed by atoms with Gasteiger partial charge in [-0.3, -0.25) is 0 Å². The van der Waals surface area contributed by atoms with Crippen LogP contribution in [0.15, 0.2) is 4.90 Å². The normalized spacial score (nSPS) is 12.8. The third-order valence-electron chi connectivity index (χ3n) is 2.74. The van der Waals surface area contributed by atoms with Crippen molar-refractivity contribution in [3.63, 3.8) is 0 Å². The number of anilines is 2. The summed E-state index contributed by atoms with van der Waals surface area (Å²) < 4.78 is 51.2. The number of nitrogens with two attached hydrogens (primary N) is 1. The molecule has 0 aliphatic carbocycles. The van der Waals surface area contributed by atoms with Gasteiger partial charge in [-0.2, -0.15) is 4.37 Å². The summed E-state index contributed by atoms with van der Waals surface area (Å²) in [6.45, 7) is 2.96. The lowest BCUT2D eigenvalue weighted by atomic mass is 10.4. The minimum atomic E-state index is -3.45. The van der Waals surface area contributed by atoms with E-state index in [9.17, 15) is 16.8 Å². The van der Waals surface area contributed by atoms with Gasteiger partial charge < -0.3 is 11.1 Å². The van der Waals surface area contributed by atoms with Gasteiger partial charge in [0.1, 0.15) is 9.90 Å². The quantitative estimate of drug-likeness (QED) is 0.638. The van der Waals surface area contributed by atoms with Crippen LogP contribution in [0.4, 0.5) is 10.8 Å². The number of rotatable bonds is 8. The van der Waals surface area contributed by atoms with Crippen molar-refractivity contribution in [3.8, 4) is 0 Å². The molecule has 0 fully saturated rings. The molecule has 0 saturated carbocycles. The summed E-state index contributed by atoms with van der Waals surface area (Å²) in [5.41, 5.74) is 5.55. The highest BCUT2D eigenvalue weighted by Gasteiger charge is 2.21. The second-order valence-corrected chi connectivity index (χ2v) is 9.24. The molecule has 8 nitrogen and oxygen atoms in total. The van der Waals surface area contributed by atoms with E-state index in [1.165, 1.54) is 4.31 Å². The average Bonchev–Trinajstić information content (AvgIpc) is 2.68. The molecule has 21 heavy (non-hydrogen) atoms. The van der Waals surface area contributed by atoms with Crippen LogP contribution in [0, 0.1) is 0 Å². The van der Waals surface area contributed by atoms with Gasteiger partial charge in [-0.1, -0.05) is 6.92 Å². The minimum Gasteiger partial charge on any atom is -0.382 e. The van der Waals surface area contributed by atoms with Crippen LogP contribution in [-0.4, -0.2) is 57.7 Å². The number of hydrogen-bond acceptors (Lipinski definition) is 8. The third-order valence-corrected chi connectivity index (χ3v) is 6.22. The summed E-state index contributed by atoms with van der Waals surface area (Å²) in [6.07, 6.45) is 2.78. The van der Waals surface area contributed by atoms with Crippen LogP contribution in [0.1, 0.15) is 13.3 Å². The van der Waals surface area contributed by atoms with E-state index in [-0.39, 0.29) is 10.7 Å². The lowest BCUT2D eigenvalue weighted by Crippen LogP contribution is -2.31. The fourth-order valence-electron chi connectivity index (χ4n) is 1.78. The first kappa shape index (κ1) is 18.1. The summed E-state index contributed by atoms with van der Waals surface area (Å²) in [5, 5.41) is 3.33. The zero-order chi connectivity index (χ0) is 16.3. The molecule has 0 bridgehead atoms. The van der Waals surface area contributed by atoms with E-state index >= 15 is 0 Å². The number of hydrogen-bond donors (Lipinski definition) is 2. The van der Waals surface area contributed by atoms with Crippen molar-refractivity contribution in [2.24, 2.45) is 0 Å². The van der Waals surface area contributed by atoms with Gasteiger partial charge in [0.15, 0.2) is 15.7 Å². The number of nitrogens with zero attached hydrogens (tertiary/aromatic N) is 2. The minimum absolute atomic E-state index is 0.00274. The molecular formula is C10H20N4O4S3. The molecule has 1 aromatic heterocycles. The zero-order valence-corrected chi connectivity index (χ0v) is 14.6. The lowest BCUT2D eigenvalue weighted by Gasteiger charge is -2.17. The Morgan fingerprint density at radius 1 is 1.29 bits per heavy atom. The van der Waals surface area contributed by atoms with Gasteiger partial charge in [-0.05, 0) is 18.0 Å². The van der Waals surface area contributed by atoms with Crippen molar-refractivity contribution < 1.29 is 16.8 Å². The van der Waals surface area contributed by atoms with Crippen molar-refractivity contribution in [1.29, 1.82) is 0 Å². The predicted octanol–water partition coefficient (Wildman–Crippen LogP) is 0.212. The first-order valence-corrected chi connectivity index (χ1v) is 10.7. The number of sulfone groups is 1. The Bertz CT molecular complexity index is 681. The maximum Gasteiger partial charge on any atom is 0.211 e. The van der Waals surface area contributed by atoms with Crippen LogP contribution < -0.4 is 11.1 Å². The molecule has 0 saturated heterocycles. The van der Waals surface area contributed by atoms with E-state index in [2.05, 4.69) is 9.69 Å². The molecule has 0 unspecified atom stereocenters. The highest BCUT2D eigenvalue weighted by molar-refractivity contribution is 7.91. The fourth-order valence-corrected chi connectivity index (χ4v) is 4.80. The lowest BCUT2D eigenvalue weighted by molar-refractivity contribution is 0.429. The summed E-state index contributed by atoms with van der Waals surface area (Å²) in [7, 11) is -6.66. The van der Waals surface area contributed by atoms with Gasteiger partial charge in [0, 0.05) is 25.9 Å². The van der Waals surface area contributed by atoms with E-state index in [1.54, 1.807) is 6.92 Å². The molecular weight excluding hydrogens is 336 g/mol. The van der Waals surface area contributed by atoms with Crippen LogP contribution in [0.25, 0.3) is 0 Å². The number of aromatic nitrogens is 1. The fraction of sp³-hybridized carbons (Fsp3) is 0.700. The molecule has 122 valence electrons. The first-order chi connectivity index (χ1) is 9.57.